The monoisotopic (exact) mass is 263 g/mol. The zero-order valence-electron chi connectivity index (χ0n) is 9.55. The number of nitrogens with two attached hydrogens (primary N) is 1. The third-order valence-corrected chi connectivity index (χ3v) is 2.75. The minimum Gasteiger partial charge on any atom is -0.364 e. The first-order valence-electron chi connectivity index (χ1n) is 5.15. The summed E-state index contributed by atoms with van der Waals surface area (Å²) in [7, 11) is 0. The molecule has 6 heteroatoms. The summed E-state index contributed by atoms with van der Waals surface area (Å²) in [4.78, 5) is 22.2. The Hall–Kier alpha value is -2.14. The fraction of sp³-hybridized carbons (Fsp3) is 0.0833. The van der Waals surface area contributed by atoms with Crippen molar-refractivity contribution in [3.8, 4) is 5.69 Å². The largest absolute Gasteiger partial charge is 0.364 e. The second-order valence-corrected chi connectivity index (χ2v) is 4.14. The highest BCUT2D eigenvalue weighted by Gasteiger charge is 2.09. The van der Waals surface area contributed by atoms with Crippen LogP contribution in [0.1, 0.15) is 27.8 Å². The van der Waals surface area contributed by atoms with Crippen molar-refractivity contribution in [2.24, 2.45) is 5.73 Å². The maximum Gasteiger partial charge on any atom is 0.269 e. The van der Waals surface area contributed by atoms with Crippen molar-refractivity contribution < 1.29 is 9.59 Å². The van der Waals surface area contributed by atoms with Gasteiger partial charge in [-0.25, -0.2) is 4.68 Å². The van der Waals surface area contributed by atoms with Gasteiger partial charge >= 0.3 is 0 Å². The van der Waals surface area contributed by atoms with Gasteiger partial charge in [0, 0.05) is 11.8 Å². The molecule has 0 unspecified atom stereocenters. The summed E-state index contributed by atoms with van der Waals surface area (Å²) in [6, 6.07) is 6.43. The number of Topliss-reactive ketones (excluding diaryl/α,β-unsaturated/α-hetero) is 1. The molecule has 0 aliphatic carbocycles. The molecule has 18 heavy (non-hydrogen) atoms. The highest BCUT2D eigenvalue weighted by atomic mass is 35.5. The molecule has 1 aromatic heterocycles. The minimum atomic E-state index is -0.597. The van der Waals surface area contributed by atoms with Gasteiger partial charge in [0.15, 0.2) is 5.78 Å². The van der Waals surface area contributed by atoms with Crippen LogP contribution in [0, 0.1) is 0 Å². The molecule has 5 nitrogen and oxygen atoms in total. The van der Waals surface area contributed by atoms with Gasteiger partial charge < -0.3 is 5.73 Å². The number of ketones is 1. The lowest BCUT2D eigenvalue weighted by Crippen LogP contribution is -2.12. The molecule has 1 heterocycles. The number of primary amides is 1. The average Bonchev–Trinajstić information content (AvgIpc) is 2.77. The Balaban J connectivity index is 2.42. The summed E-state index contributed by atoms with van der Waals surface area (Å²) >= 11 is 5.99. The van der Waals surface area contributed by atoms with Gasteiger partial charge in [-0.15, -0.1) is 0 Å². The normalized spacial score (nSPS) is 10.3. The molecule has 92 valence electrons. The number of amides is 1. The third kappa shape index (κ3) is 2.26. The molecule has 0 aliphatic rings. The van der Waals surface area contributed by atoms with Crippen molar-refractivity contribution in [2.45, 2.75) is 6.92 Å². The predicted molar refractivity (Wildman–Crippen MR) is 67.1 cm³/mol. The standard InChI is InChI=1S/C12H10ClN3O2/c1-7(17)9-3-2-8(6-10(9)13)16-5-4-11(15-16)12(14)18/h2-6H,1H3,(H2,14,18). The fourth-order valence-electron chi connectivity index (χ4n) is 1.53. The minimum absolute atomic E-state index is 0.107. The maximum atomic E-state index is 11.2. The molecule has 0 aliphatic heterocycles. The molecule has 0 bridgehead atoms. The van der Waals surface area contributed by atoms with Crippen molar-refractivity contribution in [2.75, 3.05) is 0 Å². The molecule has 0 atom stereocenters. The first kappa shape index (κ1) is 12.3. The van der Waals surface area contributed by atoms with E-state index in [1.807, 2.05) is 0 Å². The Morgan fingerprint density at radius 2 is 2.06 bits per heavy atom. The Morgan fingerprint density at radius 1 is 1.33 bits per heavy atom. The van der Waals surface area contributed by atoms with Crippen molar-refractivity contribution in [1.82, 2.24) is 9.78 Å². The van der Waals surface area contributed by atoms with Crippen LogP contribution in [-0.4, -0.2) is 21.5 Å². The Labute approximate surface area is 108 Å². The van der Waals surface area contributed by atoms with E-state index in [-0.39, 0.29) is 11.5 Å². The molecular formula is C12H10ClN3O2. The van der Waals surface area contributed by atoms with E-state index < -0.39 is 5.91 Å². The maximum absolute atomic E-state index is 11.2. The van der Waals surface area contributed by atoms with E-state index >= 15 is 0 Å². The molecule has 0 saturated carbocycles. The Bertz CT molecular complexity index is 634. The van der Waals surface area contributed by atoms with Crippen LogP contribution in [0.25, 0.3) is 5.69 Å². The van der Waals surface area contributed by atoms with Gasteiger partial charge in [0.2, 0.25) is 0 Å². The van der Waals surface area contributed by atoms with Crippen LogP contribution < -0.4 is 5.73 Å². The topological polar surface area (TPSA) is 78.0 Å². The summed E-state index contributed by atoms with van der Waals surface area (Å²) < 4.78 is 1.47. The quantitative estimate of drug-likeness (QED) is 0.858. The lowest BCUT2D eigenvalue weighted by molar-refractivity contribution is 0.0992. The second kappa shape index (κ2) is 4.62. The number of benzene rings is 1. The predicted octanol–water partition coefficient (Wildman–Crippen LogP) is 1.83. The SMILES string of the molecule is CC(=O)c1ccc(-n2ccc(C(N)=O)n2)cc1Cl. The molecule has 1 amide bonds. The highest BCUT2D eigenvalue weighted by molar-refractivity contribution is 6.34. The first-order valence-corrected chi connectivity index (χ1v) is 5.53. The molecule has 1 aromatic carbocycles. The summed E-state index contributed by atoms with van der Waals surface area (Å²) in [5, 5.41) is 4.34. The van der Waals surface area contributed by atoms with E-state index in [0.717, 1.165) is 0 Å². The summed E-state index contributed by atoms with van der Waals surface area (Å²) in [6.45, 7) is 1.44. The van der Waals surface area contributed by atoms with Crippen LogP contribution in [0.4, 0.5) is 0 Å². The molecule has 0 radical (unpaired) electrons. The van der Waals surface area contributed by atoms with Crippen LogP contribution in [-0.2, 0) is 0 Å². The third-order valence-electron chi connectivity index (χ3n) is 2.44. The molecule has 0 saturated heterocycles. The van der Waals surface area contributed by atoms with E-state index in [4.69, 9.17) is 17.3 Å². The molecule has 2 rings (SSSR count). The zero-order chi connectivity index (χ0) is 13.3. The number of nitrogens with zero attached hydrogens (tertiary/aromatic N) is 2. The Morgan fingerprint density at radius 3 is 2.56 bits per heavy atom. The lowest BCUT2D eigenvalue weighted by Gasteiger charge is -2.04. The van der Waals surface area contributed by atoms with E-state index in [1.165, 1.54) is 17.7 Å². The van der Waals surface area contributed by atoms with Crippen LogP contribution in [0.5, 0.6) is 0 Å². The smallest absolute Gasteiger partial charge is 0.269 e. The van der Waals surface area contributed by atoms with Crippen molar-refractivity contribution >= 4 is 23.3 Å². The zero-order valence-corrected chi connectivity index (χ0v) is 10.3. The van der Waals surface area contributed by atoms with Crippen LogP contribution in [0.3, 0.4) is 0 Å². The van der Waals surface area contributed by atoms with Gasteiger partial charge in [0.05, 0.1) is 10.7 Å². The Kier molecular flexibility index (Phi) is 3.16. The van der Waals surface area contributed by atoms with E-state index in [9.17, 15) is 9.59 Å². The molecule has 2 aromatic rings. The fourth-order valence-corrected chi connectivity index (χ4v) is 1.84. The van der Waals surface area contributed by atoms with Crippen molar-refractivity contribution in [3.63, 3.8) is 0 Å². The van der Waals surface area contributed by atoms with Crippen molar-refractivity contribution in [1.29, 1.82) is 0 Å². The van der Waals surface area contributed by atoms with Gasteiger partial charge in [0.25, 0.3) is 5.91 Å². The number of hydrogen-bond donors (Lipinski definition) is 1. The highest BCUT2D eigenvalue weighted by Crippen LogP contribution is 2.20. The van der Waals surface area contributed by atoms with Gasteiger partial charge in [-0.1, -0.05) is 11.6 Å². The van der Waals surface area contributed by atoms with Gasteiger partial charge in [-0.3, -0.25) is 9.59 Å². The number of rotatable bonds is 3. The number of aromatic nitrogens is 2. The molecular weight excluding hydrogens is 254 g/mol. The van der Waals surface area contributed by atoms with Gasteiger partial charge in [-0.2, -0.15) is 5.10 Å². The van der Waals surface area contributed by atoms with E-state index in [1.54, 1.807) is 24.4 Å². The first-order chi connectivity index (χ1) is 8.49. The average molecular weight is 264 g/mol. The molecule has 0 fully saturated rings. The second-order valence-electron chi connectivity index (χ2n) is 3.73. The number of hydrogen-bond acceptors (Lipinski definition) is 3. The number of carbonyl (C=O) groups is 2. The summed E-state index contributed by atoms with van der Waals surface area (Å²) in [6.07, 6.45) is 1.60. The van der Waals surface area contributed by atoms with E-state index in [2.05, 4.69) is 5.10 Å². The summed E-state index contributed by atoms with van der Waals surface area (Å²) in [5.74, 6) is -0.704. The van der Waals surface area contributed by atoms with Gasteiger partial charge in [-0.05, 0) is 31.2 Å². The summed E-state index contributed by atoms with van der Waals surface area (Å²) in [5.41, 5.74) is 6.38. The van der Waals surface area contributed by atoms with E-state index in [0.29, 0.717) is 16.3 Å². The molecule has 0 spiro atoms. The van der Waals surface area contributed by atoms with Crippen LogP contribution >= 0.6 is 11.6 Å². The number of halogens is 1. The van der Waals surface area contributed by atoms with Crippen LogP contribution in [0.2, 0.25) is 5.02 Å². The van der Waals surface area contributed by atoms with Crippen molar-refractivity contribution in [3.05, 3.63) is 46.7 Å². The lowest BCUT2D eigenvalue weighted by atomic mass is 10.1. The van der Waals surface area contributed by atoms with Gasteiger partial charge in [0.1, 0.15) is 5.69 Å². The molecule has 2 N–H and O–H groups in total. The van der Waals surface area contributed by atoms with Crippen LogP contribution in [0.15, 0.2) is 30.5 Å². The number of carbonyl (C=O) groups excluding carboxylic acids is 2.